The number of aromatic nitrogens is 2. The Morgan fingerprint density at radius 2 is 2.28 bits per heavy atom. The maximum Gasteiger partial charge on any atom is 0.261 e. The second-order valence-electron chi connectivity index (χ2n) is 3.29. The summed E-state index contributed by atoms with van der Waals surface area (Å²) in [5.74, 6) is 0. The lowest BCUT2D eigenvalue weighted by Gasteiger charge is -2.07. The predicted octanol–water partition coefficient (Wildman–Crippen LogP) is -0.572. The molecule has 0 aliphatic heterocycles. The molecule has 0 amide bonds. The Balaban J connectivity index is 2.46. The topological polar surface area (TPSA) is 110 Å². The minimum absolute atomic E-state index is 0.0224. The van der Waals surface area contributed by atoms with Crippen LogP contribution >= 0.6 is 0 Å². The van der Waals surface area contributed by atoms with Gasteiger partial charge in [0, 0.05) is 18.7 Å². The Morgan fingerprint density at radius 1 is 1.56 bits per heavy atom. The third kappa shape index (κ3) is 4.29. The Kier molecular flexibility index (Phi) is 5.59. The van der Waals surface area contributed by atoms with Crippen molar-refractivity contribution in [2.45, 2.75) is 18.0 Å². The van der Waals surface area contributed by atoms with Crippen LogP contribution in [0.3, 0.4) is 0 Å². The molecule has 18 heavy (non-hydrogen) atoms. The zero-order valence-corrected chi connectivity index (χ0v) is 10.2. The monoisotopic (exact) mass is 284 g/mol. The van der Waals surface area contributed by atoms with Gasteiger partial charge in [0.1, 0.15) is 6.61 Å². The third-order valence-electron chi connectivity index (χ3n) is 1.95. The van der Waals surface area contributed by atoms with Gasteiger partial charge < -0.3 is 10.5 Å². The van der Waals surface area contributed by atoms with Crippen molar-refractivity contribution in [1.29, 1.82) is 0 Å². The summed E-state index contributed by atoms with van der Waals surface area (Å²) in [5.41, 5.74) is 5.68. The number of sulfonamides is 1. The molecule has 0 aliphatic rings. The molecule has 7 nitrogen and oxygen atoms in total. The highest BCUT2D eigenvalue weighted by molar-refractivity contribution is 7.89. The number of alkyl halides is 2. The van der Waals surface area contributed by atoms with E-state index in [1.54, 1.807) is 0 Å². The van der Waals surface area contributed by atoms with Crippen LogP contribution in [-0.4, -0.2) is 44.8 Å². The van der Waals surface area contributed by atoms with Gasteiger partial charge in [-0.05, 0) is 0 Å². The summed E-state index contributed by atoms with van der Waals surface area (Å²) in [6, 6.07) is 0. The van der Waals surface area contributed by atoms with E-state index in [9.17, 15) is 17.2 Å². The predicted molar refractivity (Wildman–Crippen MR) is 58.5 cm³/mol. The highest BCUT2D eigenvalue weighted by Gasteiger charge is 2.19. The average molecular weight is 284 g/mol. The van der Waals surface area contributed by atoms with Crippen LogP contribution in [0.15, 0.2) is 11.2 Å². The average Bonchev–Trinajstić information content (AvgIpc) is 2.76. The normalized spacial score (nSPS) is 12.2. The second kappa shape index (κ2) is 6.73. The molecule has 1 heterocycles. The Bertz CT molecular complexity index is 463. The van der Waals surface area contributed by atoms with Crippen LogP contribution in [0.2, 0.25) is 0 Å². The molecule has 0 saturated carbocycles. The Morgan fingerprint density at radius 3 is 2.89 bits per heavy atom. The summed E-state index contributed by atoms with van der Waals surface area (Å²) in [7, 11) is -3.78. The summed E-state index contributed by atoms with van der Waals surface area (Å²) in [6.45, 7) is -0.956. The number of ether oxygens (including phenoxy) is 1. The van der Waals surface area contributed by atoms with Gasteiger partial charge in [0.25, 0.3) is 16.4 Å². The molecule has 1 aromatic rings. The lowest BCUT2D eigenvalue weighted by atomic mass is 10.4. The van der Waals surface area contributed by atoms with Crippen molar-refractivity contribution in [3.63, 3.8) is 0 Å². The van der Waals surface area contributed by atoms with E-state index in [-0.39, 0.29) is 24.7 Å². The fraction of sp³-hybridized carbons (Fsp3) is 0.625. The fourth-order valence-electron chi connectivity index (χ4n) is 1.17. The molecule has 0 radical (unpaired) electrons. The van der Waals surface area contributed by atoms with Gasteiger partial charge in [0.05, 0.1) is 12.8 Å². The summed E-state index contributed by atoms with van der Waals surface area (Å²) < 4.78 is 53.6. The first-order valence-corrected chi connectivity index (χ1v) is 6.53. The number of H-pyrrole nitrogens is 1. The maximum atomic E-state index is 11.7. The molecule has 0 aromatic carbocycles. The smallest absolute Gasteiger partial charge is 0.261 e. The summed E-state index contributed by atoms with van der Waals surface area (Å²) in [6.07, 6.45) is -1.26. The summed E-state index contributed by atoms with van der Waals surface area (Å²) >= 11 is 0. The molecule has 0 unspecified atom stereocenters. The number of rotatable bonds is 8. The highest BCUT2D eigenvalue weighted by atomic mass is 32.2. The molecule has 0 fully saturated rings. The minimum atomic E-state index is -3.78. The van der Waals surface area contributed by atoms with Crippen LogP contribution < -0.4 is 10.5 Å². The largest absolute Gasteiger partial charge is 0.374 e. The van der Waals surface area contributed by atoms with Crippen molar-refractivity contribution in [2.24, 2.45) is 5.73 Å². The van der Waals surface area contributed by atoms with Gasteiger partial charge >= 0.3 is 0 Å². The van der Waals surface area contributed by atoms with Crippen LogP contribution in [0.1, 0.15) is 5.56 Å². The molecular formula is C8H14F2N4O3S. The van der Waals surface area contributed by atoms with Crippen LogP contribution in [-0.2, 0) is 21.3 Å². The number of halogens is 2. The van der Waals surface area contributed by atoms with Gasteiger partial charge in [-0.25, -0.2) is 21.9 Å². The van der Waals surface area contributed by atoms with E-state index in [0.717, 1.165) is 0 Å². The van der Waals surface area contributed by atoms with E-state index >= 15 is 0 Å². The minimum Gasteiger partial charge on any atom is -0.374 e. The molecule has 1 rings (SSSR count). The van der Waals surface area contributed by atoms with Gasteiger partial charge in [0.15, 0.2) is 5.03 Å². The van der Waals surface area contributed by atoms with Crippen LogP contribution in [0.5, 0.6) is 0 Å². The summed E-state index contributed by atoms with van der Waals surface area (Å²) in [4.78, 5) is 0. The van der Waals surface area contributed by atoms with E-state index < -0.39 is 23.1 Å². The molecule has 10 heteroatoms. The molecule has 4 N–H and O–H groups in total. The number of aromatic amines is 1. The van der Waals surface area contributed by atoms with E-state index in [1.807, 2.05) is 0 Å². The molecule has 1 aromatic heterocycles. The fourth-order valence-corrected chi connectivity index (χ4v) is 2.32. The van der Waals surface area contributed by atoms with Crippen LogP contribution in [0, 0.1) is 0 Å². The number of nitrogens with one attached hydrogen (secondary N) is 2. The van der Waals surface area contributed by atoms with E-state index in [0.29, 0.717) is 5.56 Å². The standard InChI is InChI=1S/C8H14F2N4O3S/c9-7(10)5-17-2-1-13-18(15,16)8-6(3-11)4-12-14-8/h4,7,13H,1-3,5,11H2,(H,12,14). The molecule has 104 valence electrons. The van der Waals surface area contributed by atoms with Crippen LogP contribution in [0.25, 0.3) is 0 Å². The Labute approximate surface area is 103 Å². The quantitative estimate of drug-likeness (QED) is 0.554. The second-order valence-corrected chi connectivity index (χ2v) is 5.00. The van der Waals surface area contributed by atoms with Gasteiger partial charge in [-0.15, -0.1) is 0 Å². The molecular weight excluding hydrogens is 270 g/mol. The lowest BCUT2D eigenvalue weighted by molar-refractivity contribution is 0.0199. The zero-order chi connectivity index (χ0) is 13.6. The third-order valence-corrected chi connectivity index (χ3v) is 3.42. The van der Waals surface area contributed by atoms with Crippen molar-refractivity contribution in [1.82, 2.24) is 14.9 Å². The van der Waals surface area contributed by atoms with Crippen molar-refractivity contribution >= 4 is 10.0 Å². The number of nitrogens with zero attached hydrogens (tertiary/aromatic N) is 1. The van der Waals surface area contributed by atoms with E-state index in [1.165, 1.54) is 6.20 Å². The Hall–Kier alpha value is -1.10. The molecule has 0 atom stereocenters. The van der Waals surface area contributed by atoms with Gasteiger partial charge in [-0.2, -0.15) is 5.10 Å². The van der Waals surface area contributed by atoms with Gasteiger partial charge in [-0.1, -0.05) is 0 Å². The first-order chi connectivity index (χ1) is 8.47. The number of hydrogen-bond acceptors (Lipinski definition) is 5. The summed E-state index contributed by atoms with van der Waals surface area (Å²) in [5, 5.41) is 5.76. The maximum absolute atomic E-state index is 11.7. The first-order valence-electron chi connectivity index (χ1n) is 5.05. The van der Waals surface area contributed by atoms with E-state index in [2.05, 4.69) is 19.7 Å². The number of nitrogens with two attached hydrogens (primary N) is 1. The van der Waals surface area contributed by atoms with Crippen LogP contribution in [0.4, 0.5) is 8.78 Å². The number of hydrogen-bond donors (Lipinski definition) is 3. The van der Waals surface area contributed by atoms with Crippen molar-refractivity contribution in [3.05, 3.63) is 11.8 Å². The van der Waals surface area contributed by atoms with Gasteiger partial charge in [0.2, 0.25) is 0 Å². The van der Waals surface area contributed by atoms with Crippen molar-refractivity contribution < 1.29 is 21.9 Å². The lowest BCUT2D eigenvalue weighted by Crippen LogP contribution is -2.29. The highest BCUT2D eigenvalue weighted by Crippen LogP contribution is 2.10. The first kappa shape index (κ1) is 15.0. The molecule has 0 spiro atoms. The SMILES string of the molecule is NCc1cn[nH]c1S(=O)(=O)NCCOCC(F)F. The zero-order valence-electron chi connectivity index (χ0n) is 9.40. The van der Waals surface area contributed by atoms with Crippen molar-refractivity contribution in [3.8, 4) is 0 Å². The molecule has 0 aliphatic carbocycles. The van der Waals surface area contributed by atoms with Crippen molar-refractivity contribution in [2.75, 3.05) is 19.8 Å². The van der Waals surface area contributed by atoms with E-state index in [4.69, 9.17) is 5.73 Å². The molecule has 0 saturated heterocycles. The van der Waals surface area contributed by atoms with Gasteiger partial charge in [-0.3, -0.25) is 5.10 Å². The molecule has 0 bridgehead atoms.